The molecular formula is C32H22N4NiO2. The van der Waals surface area contributed by atoms with Gasteiger partial charge in [-0.2, -0.15) is 12.4 Å². The van der Waals surface area contributed by atoms with E-state index in [4.69, 9.17) is 0 Å². The van der Waals surface area contributed by atoms with E-state index < -0.39 is 0 Å². The maximum Gasteiger partial charge on any atom is 2.00 e. The molecule has 4 aromatic rings. The van der Waals surface area contributed by atoms with Gasteiger partial charge >= 0.3 is 16.5 Å². The summed E-state index contributed by atoms with van der Waals surface area (Å²) in [6, 6.07) is 22.6. The third-order valence-corrected chi connectivity index (χ3v) is 5.91. The van der Waals surface area contributed by atoms with Crippen LogP contribution in [0.5, 0.6) is 0 Å². The second kappa shape index (κ2) is 13.1. The molecule has 0 bridgehead atoms. The Kier molecular flexibility index (Phi) is 9.12. The van der Waals surface area contributed by atoms with Crippen LogP contribution < -0.4 is 9.97 Å². The number of rotatable bonds is 6. The van der Waals surface area contributed by atoms with E-state index in [2.05, 4.69) is 20.0 Å². The molecule has 0 aliphatic carbocycles. The van der Waals surface area contributed by atoms with Crippen molar-refractivity contribution >= 4 is 36.1 Å². The summed E-state index contributed by atoms with van der Waals surface area (Å²) in [5.41, 5.74) is 8.83. The first-order chi connectivity index (χ1) is 18.8. The number of nitrogens with zero attached hydrogens (tertiary/aromatic N) is 4. The van der Waals surface area contributed by atoms with Crippen LogP contribution >= 0.6 is 0 Å². The monoisotopic (exact) mass is 552 g/mol. The minimum absolute atomic E-state index is 0. The van der Waals surface area contributed by atoms with E-state index in [1.807, 2.05) is 72.8 Å². The predicted octanol–water partition coefficient (Wildman–Crippen LogP) is 5.71. The maximum absolute atomic E-state index is 10.7. The molecule has 0 unspecified atom stereocenters. The number of carbonyl (C=O) groups is 2. The van der Waals surface area contributed by atoms with Crippen LogP contribution in [0.15, 0.2) is 131 Å². The van der Waals surface area contributed by atoms with E-state index in [1.165, 1.54) is 0 Å². The zero-order valence-corrected chi connectivity index (χ0v) is 21.6. The Morgan fingerprint density at radius 1 is 0.590 bits per heavy atom. The average Bonchev–Trinajstić information content (AvgIpc) is 3.79. The number of aliphatic imine (C=N–C) groups is 2. The second-order valence-electron chi connectivity index (χ2n) is 8.32. The van der Waals surface area contributed by atoms with Crippen molar-refractivity contribution in [1.29, 1.82) is 0 Å². The smallest absolute Gasteiger partial charge is 0.664 e. The van der Waals surface area contributed by atoms with Crippen molar-refractivity contribution in [2.75, 3.05) is 0 Å². The van der Waals surface area contributed by atoms with Gasteiger partial charge < -0.3 is 9.97 Å². The van der Waals surface area contributed by atoms with Gasteiger partial charge in [-0.15, -0.1) is 11.4 Å². The van der Waals surface area contributed by atoms with Crippen LogP contribution in [0.3, 0.4) is 0 Å². The van der Waals surface area contributed by atoms with E-state index in [0.29, 0.717) is 11.1 Å². The number of aromatic nitrogens is 2. The van der Waals surface area contributed by atoms with Gasteiger partial charge in [0.15, 0.2) is 0 Å². The Morgan fingerprint density at radius 2 is 1.00 bits per heavy atom. The van der Waals surface area contributed by atoms with Gasteiger partial charge in [0.1, 0.15) is 12.6 Å². The molecule has 7 heteroatoms. The molecule has 39 heavy (non-hydrogen) atoms. The number of hydrogen-bond acceptors (Lipinski definition) is 4. The van der Waals surface area contributed by atoms with E-state index in [9.17, 15) is 9.59 Å². The van der Waals surface area contributed by atoms with Gasteiger partial charge in [0.2, 0.25) is 0 Å². The van der Waals surface area contributed by atoms with Crippen molar-refractivity contribution in [3.63, 3.8) is 0 Å². The third kappa shape index (κ3) is 6.35. The van der Waals surface area contributed by atoms with Crippen molar-refractivity contribution in [3.05, 3.63) is 155 Å². The van der Waals surface area contributed by atoms with Crippen LogP contribution in [0.25, 0.3) is 11.1 Å². The van der Waals surface area contributed by atoms with Gasteiger partial charge in [-0.05, 0) is 46.6 Å². The molecular weight excluding hydrogens is 531 g/mol. The van der Waals surface area contributed by atoms with Crippen LogP contribution in [0, 0.1) is 0 Å². The van der Waals surface area contributed by atoms with Crippen LogP contribution in [-0.4, -0.2) is 25.0 Å². The molecule has 6 rings (SSSR count). The number of hydrogen-bond donors (Lipinski definition) is 0. The molecule has 2 aliphatic heterocycles. The molecule has 0 spiro atoms. The molecule has 2 aromatic carbocycles. The molecule has 0 fully saturated rings. The van der Waals surface area contributed by atoms with Crippen LogP contribution in [0.2, 0.25) is 0 Å². The Hall–Kier alpha value is -4.87. The number of benzene rings is 2. The van der Waals surface area contributed by atoms with Crippen molar-refractivity contribution < 1.29 is 26.1 Å². The first kappa shape index (κ1) is 27.2. The van der Waals surface area contributed by atoms with Crippen molar-refractivity contribution in [3.8, 4) is 0 Å². The van der Waals surface area contributed by atoms with Crippen molar-refractivity contribution in [1.82, 2.24) is 9.97 Å². The molecule has 0 saturated heterocycles. The Morgan fingerprint density at radius 3 is 1.28 bits per heavy atom. The fraction of sp³-hybridized carbons (Fsp3) is 0. The summed E-state index contributed by atoms with van der Waals surface area (Å²) >= 11 is 0. The first-order valence-electron chi connectivity index (χ1n) is 11.9. The van der Waals surface area contributed by atoms with E-state index in [0.717, 1.165) is 57.6 Å². The standard InChI is InChI=1S/2C16H11N2O.Ni/c2*19-11-12-5-7-13(8-6-12)16(14-3-1-9-17-14)15-4-2-10-18-15;/h2*1-11H;/q2*-1;+2. The maximum atomic E-state index is 10.7. The fourth-order valence-electron chi connectivity index (χ4n) is 4.10. The SMILES string of the molecule is O=Cc1ccc(/C(=C2\C=CC=N2)c2ccc[n-]2)cc1.O=Cc1ccc(/C(=C2\C=CC=N2)c2ccc[n-]2)cc1.[Ni+2]. The average molecular weight is 553 g/mol. The molecule has 0 amide bonds. The summed E-state index contributed by atoms with van der Waals surface area (Å²) in [5, 5.41) is 0. The largest absolute Gasteiger partial charge is 2.00 e. The van der Waals surface area contributed by atoms with Crippen molar-refractivity contribution in [2.45, 2.75) is 0 Å². The van der Waals surface area contributed by atoms with Crippen LogP contribution in [0.1, 0.15) is 43.2 Å². The van der Waals surface area contributed by atoms with Gasteiger partial charge in [0, 0.05) is 23.6 Å². The van der Waals surface area contributed by atoms with E-state index in [1.54, 1.807) is 49.1 Å². The molecule has 2 aliphatic rings. The zero-order chi connectivity index (χ0) is 26.2. The second-order valence-corrected chi connectivity index (χ2v) is 8.32. The van der Waals surface area contributed by atoms with Gasteiger partial charge in [-0.25, -0.2) is 0 Å². The molecule has 0 radical (unpaired) electrons. The third-order valence-electron chi connectivity index (χ3n) is 5.91. The molecule has 0 N–H and O–H groups in total. The summed E-state index contributed by atoms with van der Waals surface area (Å²) in [7, 11) is 0. The molecule has 6 nitrogen and oxygen atoms in total. The van der Waals surface area contributed by atoms with Crippen molar-refractivity contribution in [2.24, 2.45) is 9.98 Å². The molecule has 192 valence electrons. The first-order valence-corrected chi connectivity index (χ1v) is 11.9. The van der Waals surface area contributed by atoms with Gasteiger partial charge in [-0.3, -0.25) is 19.6 Å². The Balaban J connectivity index is 0.000000176. The molecule has 0 saturated carbocycles. The van der Waals surface area contributed by atoms with E-state index >= 15 is 0 Å². The molecule has 2 aromatic heterocycles. The Bertz CT molecular complexity index is 1450. The van der Waals surface area contributed by atoms with Gasteiger partial charge in [-0.1, -0.05) is 72.8 Å². The number of carbonyl (C=O) groups excluding carboxylic acids is 2. The van der Waals surface area contributed by atoms with E-state index in [-0.39, 0.29) is 16.5 Å². The molecule has 0 atom stereocenters. The topological polar surface area (TPSA) is 87.1 Å². The van der Waals surface area contributed by atoms with Crippen LogP contribution in [-0.2, 0) is 16.5 Å². The summed E-state index contributed by atoms with van der Waals surface area (Å²) in [6.45, 7) is 0. The number of aldehydes is 2. The summed E-state index contributed by atoms with van der Waals surface area (Å²) in [5.74, 6) is 0. The summed E-state index contributed by atoms with van der Waals surface area (Å²) < 4.78 is 0. The fourth-order valence-corrected chi connectivity index (χ4v) is 4.10. The van der Waals surface area contributed by atoms with Gasteiger partial charge in [0.25, 0.3) is 0 Å². The minimum atomic E-state index is 0. The normalized spacial score (nSPS) is 15.4. The van der Waals surface area contributed by atoms with Crippen LogP contribution in [0.4, 0.5) is 0 Å². The minimum Gasteiger partial charge on any atom is -0.664 e. The van der Waals surface area contributed by atoms with Gasteiger partial charge in [0.05, 0.1) is 11.4 Å². The summed E-state index contributed by atoms with van der Waals surface area (Å²) in [6.07, 6.45) is 16.4. The Labute approximate surface area is 236 Å². The number of allylic oxidation sites excluding steroid dienone is 4. The zero-order valence-electron chi connectivity index (χ0n) is 20.6. The summed E-state index contributed by atoms with van der Waals surface area (Å²) in [4.78, 5) is 38.8. The predicted molar refractivity (Wildman–Crippen MR) is 150 cm³/mol. The molecule has 4 heterocycles. The quantitative estimate of drug-likeness (QED) is 0.226.